The van der Waals surface area contributed by atoms with Gasteiger partial charge < -0.3 is 10.5 Å². The predicted molar refractivity (Wildman–Crippen MR) is 75.0 cm³/mol. The molecule has 4 aliphatic rings. The van der Waals surface area contributed by atoms with E-state index in [-0.39, 0.29) is 16.3 Å². The Hall–Kier alpha value is -0.520. The molecule has 0 radical (unpaired) electrons. The molecule has 0 amide bonds. The van der Waals surface area contributed by atoms with Crippen LogP contribution in [0.5, 0.6) is 0 Å². The van der Waals surface area contributed by atoms with Gasteiger partial charge in [0.1, 0.15) is 0 Å². The van der Waals surface area contributed by atoms with E-state index in [1.165, 1.54) is 18.4 Å². The molecule has 2 unspecified atom stereocenters. The van der Waals surface area contributed by atoms with Crippen molar-refractivity contribution in [1.29, 1.82) is 0 Å². The second-order valence-electron chi connectivity index (χ2n) is 6.12. The van der Waals surface area contributed by atoms with Crippen molar-refractivity contribution >= 4 is 17.7 Å². The first-order chi connectivity index (χ1) is 9.22. The Balaban J connectivity index is 1.72. The van der Waals surface area contributed by atoms with Crippen LogP contribution in [0.25, 0.3) is 0 Å². The molecule has 104 valence electrons. The number of fused-ring (bicyclic) bond motifs is 1. The van der Waals surface area contributed by atoms with Gasteiger partial charge in [0.25, 0.3) is 0 Å². The van der Waals surface area contributed by atoms with Gasteiger partial charge in [-0.2, -0.15) is 0 Å². The molecule has 3 aliphatic heterocycles. The van der Waals surface area contributed by atoms with Crippen molar-refractivity contribution < 1.29 is 9.53 Å². The van der Waals surface area contributed by atoms with Gasteiger partial charge in [0.15, 0.2) is 5.60 Å². The molecule has 1 aliphatic carbocycles. The smallest absolute Gasteiger partial charge is 0.331 e. The highest BCUT2D eigenvalue weighted by atomic mass is 32.2. The van der Waals surface area contributed by atoms with Crippen molar-refractivity contribution in [3.05, 3.63) is 11.6 Å². The van der Waals surface area contributed by atoms with E-state index < -0.39 is 0 Å². The molecule has 0 bridgehead atoms. The lowest BCUT2D eigenvalue weighted by molar-refractivity contribution is -0.154. The topological polar surface area (TPSA) is 55.6 Å². The molecule has 4 rings (SSSR count). The van der Waals surface area contributed by atoms with Crippen LogP contribution in [0.2, 0.25) is 0 Å². The minimum Gasteiger partial charge on any atom is -0.448 e. The molecule has 19 heavy (non-hydrogen) atoms. The number of hydrogen-bond donors (Lipinski definition) is 1. The van der Waals surface area contributed by atoms with E-state index in [0.29, 0.717) is 12.6 Å². The summed E-state index contributed by atoms with van der Waals surface area (Å²) >= 11 is 1.93. The lowest BCUT2D eigenvalue weighted by Gasteiger charge is -2.54. The lowest BCUT2D eigenvalue weighted by Crippen LogP contribution is -2.65. The minimum absolute atomic E-state index is 0.0827. The molecule has 5 heteroatoms. The van der Waals surface area contributed by atoms with Crippen molar-refractivity contribution in [3.63, 3.8) is 0 Å². The fourth-order valence-electron chi connectivity index (χ4n) is 4.59. The molecule has 1 spiro atoms. The van der Waals surface area contributed by atoms with Crippen molar-refractivity contribution in [3.8, 4) is 0 Å². The maximum atomic E-state index is 11.8. The zero-order chi connectivity index (χ0) is 13.1. The van der Waals surface area contributed by atoms with E-state index in [0.717, 1.165) is 31.7 Å². The molecule has 2 saturated heterocycles. The number of rotatable bonds is 3. The maximum Gasteiger partial charge on any atom is 0.331 e. The lowest BCUT2D eigenvalue weighted by atomic mass is 9.63. The normalized spacial score (nSPS) is 43.9. The molecule has 0 aromatic heterocycles. The fraction of sp³-hybridized carbons (Fsp3) is 0.786. The van der Waals surface area contributed by atoms with E-state index >= 15 is 0 Å². The number of ether oxygens (including phenoxy) is 1. The standard InChI is InChI=1S/C14H20N2O2S/c15-4-6-19-13-8-10-7-12(17)18-14(10,13)11-3-1-2-5-16(11)9-13/h7,11H,1-6,8-9,15H2/t11?,13?,14-/m0/s1. The van der Waals surface area contributed by atoms with Crippen LogP contribution in [0.4, 0.5) is 0 Å². The highest BCUT2D eigenvalue weighted by Crippen LogP contribution is 2.66. The van der Waals surface area contributed by atoms with Crippen LogP contribution < -0.4 is 5.73 Å². The zero-order valence-corrected chi connectivity index (χ0v) is 11.9. The maximum absolute atomic E-state index is 11.8. The van der Waals surface area contributed by atoms with Gasteiger partial charge in [-0.15, -0.1) is 11.8 Å². The van der Waals surface area contributed by atoms with Crippen LogP contribution >= 0.6 is 11.8 Å². The summed E-state index contributed by atoms with van der Waals surface area (Å²) in [6.07, 6.45) is 6.45. The van der Waals surface area contributed by atoms with Gasteiger partial charge in [0.2, 0.25) is 0 Å². The molecular weight excluding hydrogens is 260 g/mol. The highest BCUT2D eigenvalue weighted by molar-refractivity contribution is 8.00. The van der Waals surface area contributed by atoms with Crippen LogP contribution in [0.3, 0.4) is 0 Å². The van der Waals surface area contributed by atoms with Gasteiger partial charge in [-0.1, -0.05) is 6.42 Å². The number of piperidine rings is 1. The van der Waals surface area contributed by atoms with Crippen LogP contribution in [0.1, 0.15) is 25.7 Å². The monoisotopic (exact) mass is 280 g/mol. The van der Waals surface area contributed by atoms with Crippen molar-refractivity contribution in [2.24, 2.45) is 5.73 Å². The molecule has 3 atom stereocenters. The molecule has 3 fully saturated rings. The van der Waals surface area contributed by atoms with Gasteiger partial charge in [0.05, 0.1) is 10.8 Å². The van der Waals surface area contributed by atoms with Crippen LogP contribution in [-0.2, 0) is 9.53 Å². The molecule has 2 N–H and O–H groups in total. The number of hydrogen-bond acceptors (Lipinski definition) is 5. The summed E-state index contributed by atoms with van der Waals surface area (Å²) in [6.45, 7) is 2.91. The second-order valence-corrected chi connectivity index (χ2v) is 7.59. The fourth-order valence-corrected chi connectivity index (χ4v) is 6.14. The Labute approximate surface area is 117 Å². The van der Waals surface area contributed by atoms with Gasteiger partial charge in [-0.25, -0.2) is 4.79 Å². The largest absolute Gasteiger partial charge is 0.448 e. The van der Waals surface area contributed by atoms with Gasteiger partial charge in [-0.3, -0.25) is 4.90 Å². The Morgan fingerprint density at radius 3 is 3.21 bits per heavy atom. The van der Waals surface area contributed by atoms with Crippen molar-refractivity contribution in [2.45, 2.75) is 42.1 Å². The molecule has 4 nitrogen and oxygen atoms in total. The minimum atomic E-state index is -0.301. The summed E-state index contributed by atoms with van der Waals surface area (Å²) in [4.78, 5) is 14.3. The van der Waals surface area contributed by atoms with Crippen LogP contribution in [0.15, 0.2) is 11.6 Å². The summed E-state index contributed by atoms with van der Waals surface area (Å²) in [7, 11) is 0. The Morgan fingerprint density at radius 2 is 2.42 bits per heavy atom. The first kappa shape index (κ1) is 12.2. The van der Waals surface area contributed by atoms with Gasteiger partial charge in [-0.05, 0) is 31.4 Å². The zero-order valence-electron chi connectivity index (χ0n) is 11.1. The van der Waals surface area contributed by atoms with Crippen LogP contribution in [-0.4, -0.2) is 52.6 Å². The van der Waals surface area contributed by atoms with Crippen molar-refractivity contribution in [2.75, 3.05) is 25.4 Å². The Morgan fingerprint density at radius 1 is 1.53 bits per heavy atom. The third-order valence-electron chi connectivity index (χ3n) is 5.22. The molecule has 3 heterocycles. The predicted octanol–water partition coefficient (Wildman–Crippen LogP) is 0.911. The van der Waals surface area contributed by atoms with Crippen molar-refractivity contribution in [1.82, 2.24) is 4.90 Å². The third kappa shape index (κ3) is 1.36. The Bertz CT molecular complexity index is 466. The van der Waals surface area contributed by atoms with E-state index in [1.807, 2.05) is 11.8 Å². The average molecular weight is 280 g/mol. The molecule has 0 aromatic carbocycles. The number of nitrogens with zero attached hydrogens (tertiary/aromatic N) is 1. The first-order valence-electron chi connectivity index (χ1n) is 7.24. The number of thioether (sulfide) groups is 1. The molecule has 0 aromatic rings. The number of esters is 1. The number of carbonyl (C=O) groups excluding carboxylic acids is 1. The summed E-state index contributed by atoms with van der Waals surface area (Å²) in [6, 6.07) is 0.415. The quantitative estimate of drug-likeness (QED) is 0.779. The number of nitrogens with two attached hydrogens (primary N) is 1. The molecule has 1 saturated carbocycles. The van der Waals surface area contributed by atoms with E-state index in [1.54, 1.807) is 6.08 Å². The van der Waals surface area contributed by atoms with Gasteiger partial charge in [0, 0.05) is 24.9 Å². The average Bonchev–Trinajstić information content (AvgIpc) is 2.79. The Kier molecular flexibility index (Phi) is 2.57. The summed E-state index contributed by atoms with van der Waals surface area (Å²) in [5.74, 6) is 0.824. The van der Waals surface area contributed by atoms with Gasteiger partial charge >= 0.3 is 5.97 Å². The third-order valence-corrected chi connectivity index (χ3v) is 6.79. The van der Waals surface area contributed by atoms with E-state index in [4.69, 9.17) is 10.5 Å². The first-order valence-corrected chi connectivity index (χ1v) is 8.22. The van der Waals surface area contributed by atoms with E-state index in [9.17, 15) is 4.79 Å². The summed E-state index contributed by atoms with van der Waals surface area (Å²) in [5, 5.41) is 0. The molecular formula is C14H20N2O2S. The van der Waals surface area contributed by atoms with E-state index in [2.05, 4.69) is 4.90 Å². The highest BCUT2D eigenvalue weighted by Gasteiger charge is 2.76. The second kappa shape index (κ2) is 3.99. The number of carbonyl (C=O) groups is 1. The summed E-state index contributed by atoms with van der Waals surface area (Å²) in [5.41, 5.74) is 6.63. The SMILES string of the molecule is NCCSC12CC3=CC(=O)O[C@]31C1CCCCN1C2. The van der Waals surface area contributed by atoms with Crippen LogP contribution in [0, 0.1) is 0 Å². The summed E-state index contributed by atoms with van der Waals surface area (Å²) < 4.78 is 5.99.